The molecule has 0 aromatic heterocycles. The molecule has 7 heteroatoms. The smallest absolute Gasteiger partial charge is 0.337 e. The zero-order valence-corrected chi connectivity index (χ0v) is 15.6. The van der Waals surface area contributed by atoms with Gasteiger partial charge in [0.25, 0.3) is 5.91 Å². The van der Waals surface area contributed by atoms with Gasteiger partial charge in [-0.25, -0.2) is 4.79 Å². The van der Waals surface area contributed by atoms with Crippen molar-refractivity contribution in [3.05, 3.63) is 59.7 Å². The first-order chi connectivity index (χ1) is 12.4. The summed E-state index contributed by atoms with van der Waals surface area (Å²) in [7, 11) is 1.32. The van der Waals surface area contributed by atoms with Crippen LogP contribution in [0.5, 0.6) is 5.75 Å². The summed E-state index contributed by atoms with van der Waals surface area (Å²) < 4.78 is 10.2. The van der Waals surface area contributed by atoms with Crippen molar-refractivity contribution in [1.82, 2.24) is 5.32 Å². The predicted octanol–water partition coefficient (Wildman–Crippen LogP) is 3.39. The van der Waals surface area contributed by atoms with Gasteiger partial charge in [0.15, 0.2) is 5.11 Å². The largest absolute Gasteiger partial charge is 0.491 e. The van der Waals surface area contributed by atoms with Gasteiger partial charge in [-0.1, -0.05) is 0 Å². The third-order valence-electron chi connectivity index (χ3n) is 3.28. The molecule has 2 aromatic carbocycles. The lowest BCUT2D eigenvalue weighted by atomic mass is 10.2. The van der Waals surface area contributed by atoms with Crippen molar-refractivity contribution < 1.29 is 19.1 Å². The van der Waals surface area contributed by atoms with E-state index in [0.717, 1.165) is 0 Å². The molecular weight excluding hydrogens is 352 g/mol. The van der Waals surface area contributed by atoms with E-state index in [0.29, 0.717) is 22.6 Å². The minimum atomic E-state index is -0.419. The number of carbonyl (C=O) groups excluding carboxylic acids is 2. The van der Waals surface area contributed by atoms with E-state index < -0.39 is 5.97 Å². The number of thiocarbonyl (C=S) groups is 1. The van der Waals surface area contributed by atoms with Crippen molar-refractivity contribution >= 4 is 34.9 Å². The molecule has 0 aliphatic carbocycles. The normalized spacial score (nSPS) is 10.2. The molecule has 0 unspecified atom stereocenters. The van der Waals surface area contributed by atoms with Gasteiger partial charge in [0, 0.05) is 11.3 Å². The van der Waals surface area contributed by atoms with Crippen LogP contribution in [-0.4, -0.2) is 30.2 Å². The summed E-state index contributed by atoms with van der Waals surface area (Å²) in [5.41, 5.74) is 1.53. The zero-order chi connectivity index (χ0) is 19.1. The summed E-state index contributed by atoms with van der Waals surface area (Å²) in [4.78, 5) is 23.6. The van der Waals surface area contributed by atoms with E-state index in [1.807, 2.05) is 13.8 Å². The second-order valence-electron chi connectivity index (χ2n) is 5.67. The van der Waals surface area contributed by atoms with Gasteiger partial charge in [-0.15, -0.1) is 0 Å². The molecule has 0 radical (unpaired) electrons. The molecule has 2 aromatic rings. The predicted molar refractivity (Wildman–Crippen MR) is 104 cm³/mol. The van der Waals surface area contributed by atoms with Crippen LogP contribution < -0.4 is 15.4 Å². The maximum Gasteiger partial charge on any atom is 0.337 e. The lowest BCUT2D eigenvalue weighted by Gasteiger charge is -2.11. The molecule has 26 heavy (non-hydrogen) atoms. The quantitative estimate of drug-likeness (QED) is 0.619. The number of hydrogen-bond donors (Lipinski definition) is 2. The Balaban J connectivity index is 1.92. The molecular formula is C19H20N2O4S. The van der Waals surface area contributed by atoms with Crippen molar-refractivity contribution in [2.45, 2.75) is 20.0 Å². The summed E-state index contributed by atoms with van der Waals surface area (Å²) in [5.74, 6) is -0.0509. The van der Waals surface area contributed by atoms with Crippen LogP contribution in [0.2, 0.25) is 0 Å². The number of amides is 1. The van der Waals surface area contributed by atoms with Gasteiger partial charge in [0.2, 0.25) is 0 Å². The molecule has 1 amide bonds. The molecule has 136 valence electrons. The highest BCUT2D eigenvalue weighted by atomic mass is 32.1. The summed E-state index contributed by atoms with van der Waals surface area (Å²) in [6, 6.07) is 13.3. The fourth-order valence-corrected chi connectivity index (χ4v) is 2.31. The van der Waals surface area contributed by atoms with Crippen molar-refractivity contribution in [2.75, 3.05) is 12.4 Å². The lowest BCUT2D eigenvalue weighted by Crippen LogP contribution is -2.34. The number of carbonyl (C=O) groups is 2. The van der Waals surface area contributed by atoms with E-state index in [4.69, 9.17) is 17.0 Å². The van der Waals surface area contributed by atoms with Gasteiger partial charge in [-0.2, -0.15) is 0 Å². The van der Waals surface area contributed by atoms with Crippen molar-refractivity contribution in [2.24, 2.45) is 0 Å². The van der Waals surface area contributed by atoms with Gasteiger partial charge in [0.05, 0.1) is 18.8 Å². The molecule has 0 spiro atoms. The van der Waals surface area contributed by atoms with Crippen LogP contribution in [0.25, 0.3) is 0 Å². The van der Waals surface area contributed by atoms with E-state index in [-0.39, 0.29) is 17.1 Å². The number of methoxy groups -OCH3 is 1. The molecule has 0 saturated carbocycles. The van der Waals surface area contributed by atoms with Crippen LogP contribution in [0.3, 0.4) is 0 Å². The zero-order valence-electron chi connectivity index (χ0n) is 14.7. The van der Waals surface area contributed by atoms with Crippen LogP contribution in [0.15, 0.2) is 48.5 Å². The van der Waals surface area contributed by atoms with Gasteiger partial charge >= 0.3 is 5.97 Å². The van der Waals surface area contributed by atoms with E-state index in [2.05, 4.69) is 15.4 Å². The Morgan fingerprint density at radius 2 is 1.54 bits per heavy atom. The maximum atomic E-state index is 12.2. The fourth-order valence-electron chi connectivity index (χ4n) is 2.10. The topological polar surface area (TPSA) is 76.7 Å². The summed E-state index contributed by atoms with van der Waals surface area (Å²) in [6.07, 6.45) is 0.0667. The highest BCUT2D eigenvalue weighted by Gasteiger charge is 2.09. The highest BCUT2D eigenvalue weighted by molar-refractivity contribution is 7.80. The number of rotatable bonds is 5. The fraction of sp³-hybridized carbons (Fsp3) is 0.211. The van der Waals surface area contributed by atoms with E-state index in [9.17, 15) is 9.59 Å². The molecule has 6 nitrogen and oxygen atoms in total. The van der Waals surface area contributed by atoms with Crippen molar-refractivity contribution in [1.29, 1.82) is 0 Å². The summed E-state index contributed by atoms with van der Waals surface area (Å²) >= 11 is 5.14. The molecule has 0 fully saturated rings. The monoisotopic (exact) mass is 372 g/mol. The van der Waals surface area contributed by atoms with Gasteiger partial charge in [-0.3, -0.25) is 10.1 Å². The van der Waals surface area contributed by atoms with Gasteiger partial charge in [0.1, 0.15) is 5.75 Å². The number of benzene rings is 2. The Morgan fingerprint density at radius 1 is 0.962 bits per heavy atom. The van der Waals surface area contributed by atoms with Crippen LogP contribution in [0.1, 0.15) is 34.6 Å². The van der Waals surface area contributed by atoms with Crippen molar-refractivity contribution in [3.8, 4) is 5.75 Å². The number of hydrogen-bond acceptors (Lipinski definition) is 5. The van der Waals surface area contributed by atoms with E-state index in [1.54, 1.807) is 48.5 Å². The SMILES string of the molecule is COC(=O)c1ccc(NC(=S)NC(=O)c2ccc(OC(C)C)cc2)cc1. The average Bonchev–Trinajstić information content (AvgIpc) is 2.61. The first kappa shape index (κ1) is 19.4. The number of nitrogens with one attached hydrogen (secondary N) is 2. The van der Waals surface area contributed by atoms with E-state index >= 15 is 0 Å². The lowest BCUT2D eigenvalue weighted by molar-refractivity contribution is 0.0600. The van der Waals surface area contributed by atoms with E-state index in [1.165, 1.54) is 7.11 Å². The van der Waals surface area contributed by atoms with Crippen LogP contribution >= 0.6 is 12.2 Å². The molecule has 2 rings (SSSR count). The Morgan fingerprint density at radius 3 is 2.08 bits per heavy atom. The molecule has 0 aliphatic heterocycles. The number of esters is 1. The Hall–Kier alpha value is -2.93. The summed E-state index contributed by atoms with van der Waals surface area (Å²) in [6.45, 7) is 3.87. The number of ether oxygens (including phenoxy) is 2. The molecule has 0 aliphatic rings. The van der Waals surface area contributed by atoms with Crippen LogP contribution in [-0.2, 0) is 4.74 Å². The second kappa shape index (κ2) is 8.96. The molecule has 0 saturated heterocycles. The standard InChI is InChI=1S/C19H20N2O4S/c1-12(2)25-16-10-6-13(7-11-16)17(22)21-19(26)20-15-8-4-14(5-9-15)18(23)24-3/h4-12H,1-3H3,(H2,20,21,22,26). The Kier molecular flexibility index (Phi) is 6.68. The van der Waals surface area contributed by atoms with Crippen LogP contribution in [0.4, 0.5) is 5.69 Å². The molecule has 0 bridgehead atoms. The molecule has 0 atom stereocenters. The third kappa shape index (κ3) is 5.56. The Bertz CT molecular complexity index is 786. The Labute approximate surface area is 157 Å². The molecule has 2 N–H and O–H groups in total. The summed E-state index contributed by atoms with van der Waals surface area (Å²) in [5, 5.41) is 5.65. The minimum absolute atomic E-state index is 0.0667. The first-order valence-corrected chi connectivity index (χ1v) is 8.37. The third-order valence-corrected chi connectivity index (χ3v) is 3.48. The van der Waals surface area contributed by atoms with Gasteiger partial charge < -0.3 is 14.8 Å². The second-order valence-corrected chi connectivity index (χ2v) is 6.08. The number of anilines is 1. The van der Waals surface area contributed by atoms with Crippen molar-refractivity contribution in [3.63, 3.8) is 0 Å². The average molecular weight is 372 g/mol. The molecule has 0 heterocycles. The first-order valence-electron chi connectivity index (χ1n) is 7.96. The minimum Gasteiger partial charge on any atom is -0.491 e. The highest BCUT2D eigenvalue weighted by Crippen LogP contribution is 2.14. The van der Waals surface area contributed by atoms with Crippen LogP contribution in [0, 0.1) is 0 Å². The van der Waals surface area contributed by atoms with Gasteiger partial charge in [-0.05, 0) is 74.6 Å². The maximum absolute atomic E-state index is 12.2.